The van der Waals surface area contributed by atoms with Gasteiger partial charge in [0.1, 0.15) is 12.4 Å². The number of amides is 1. The summed E-state index contributed by atoms with van der Waals surface area (Å²) in [6, 6.07) is 15.4. The summed E-state index contributed by atoms with van der Waals surface area (Å²) in [7, 11) is 0. The van der Waals surface area contributed by atoms with Crippen LogP contribution >= 0.6 is 0 Å². The van der Waals surface area contributed by atoms with Gasteiger partial charge in [0.05, 0.1) is 11.7 Å². The third-order valence-corrected chi connectivity index (χ3v) is 3.57. The van der Waals surface area contributed by atoms with Crippen molar-refractivity contribution < 1.29 is 9.53 Å². The van der Waals surface area contributed by atoms with Gasteiger partial charge in [0.25, 0.3) is 5.91 Å². The lowest BCUT2D eigenvalue weighted by molar-refractivity contribution is 0.0939. The zero-order valence-electron chi connectivity index (χ0n) is 11.9. The molecule has 0 aliphatic carbocycles. The van der Waals surface area contributed by atoms with Crippen molar-refractivity contribution in [3.05, 3.63) is 59.7 Å². The summed E-state index contributed by atoms with van der Waals surface area (Å²) < 4.78 is 5.56. The molecular weight excluding hydrogens is 264 g/mol. The zero-order valence-corrected chi connectivity index (χ0v) is 11.9. The molecule has 1 amide bonds. The van der Waals surface area contributed by atoms with Crippen molar-refractivity contribution in [1.82, 2.24) is 5.32 Å². The highest BCUT2D eigenvalue weighted by Gasteiger charge is 2.15. The number of anilines is 1. The molecular formula is C17H18N2O2. The predicted octanol–water partition coefficient (Wildman–Crippen LogP) is 2.98. The maximum atomic E-state index is 12.3. The Balaban J connectivity index is 1.73. The predicted molar refractivity (Wildman–Crippen MR) is 82.7 cm³/mol. The quantitative estimate of drug-likeness (QED) is 0.910. The van der Waals surface area contributed by atoms with E-state index in [9.17, 15) is 4.79 Å². The average molecular weight is 282 g/mol. The molecule has 108 valence electrons. The maximum absolute atomic E-state index is 12.3. The summed E-state index contributed by atoms with van der Waals surface area (Å²) >= 11 is 0. The minimum Gasteiger partial charge on any atom is -0.490 e. The molecule has 3 rings (SSSR count). The number of nitrogens with one attached hydrogen (secondary N) is 2. The second-order valence-corrected chi connectivity index (χ2v) is 5.09. The van der Waals surface area contributed by atoms with Crippen molar-refractivity contribution in [1.29, 1.82) is 0 Å². The molecule has 1 aliphatic rings. The molecule has 4 nitrogen and oxygen atoms in total. The first-order chi connectivity index (χ1) is 10.2. The SMILES string of the molecule is CC(NC(=O)c1ccc2c(c1)OCCN2)c1ccccc1. The highest BCUT2D eigenvalue weighted by molar-refractivity contribution is 5.95. The molecule has 4 heteroatoms. The molecule has 2 N–H and O–H groups in total. The van der Waals surface area contributed by atoms with Crippen LogP contribution < -0.4 is 15.4 Å². The zero-order chi connectivity index (χ0) is 14.7. The number of hydrogen-bond acceptors (Lipinski definition) is 3. The summed E-state index contributed by atoms with van der Waals surface area (Å²) in [4.78, 5) is 12.3. The molecule has 1 unspecified atom stereocenters. The molecule has 0 bridgehead atoms. The molecule has 0 radical (unpaired) electrons. The Kier molecular flexibility index (Phi) is 3.77. The van der Waals surface area contributed by atoms with Gasteiger partial charge in [0.2, 0.25) is 0 Å². The van der Waals surface area contributed by atoms with Gasteiger partial charge in [-0.25, -0.2) is 0 Å². The van der Waals surface area contributed by atoms with E-state index in [4.69, 9.17) is 4.74 Å². The lowest BCUT2D eigenvalue weighted by Gasteiger charge is -2.20. The van der Waals surface area contributed by atoms with Crippen LogP contribution in [-0.2, 0) is 0 Å². The van der Waals surface area contributed by atoms with E-state index in [1.54, 1.807) is 6.07 Å². The number of hydrogen-bond donors (Lipinski definition) is 2. The number of ether oxygens (including phenoxy) is 1. The van der Waals surface area contributed by atoms with Gasteiger partial charge in [-0.05, 0) is 30.7 Å². The van der Waals surface area contributed by atoms with Crippen LogP contribution in [0.15, 0.2) is 48.5 Å². The number of carbonyl (C=O) groups is 1. The van der Waals surface area contributed by atoms with Crippen molar-refractivity contribution in [3.63, 3.8) is 0 Å². The smallest absolute Gasteiger partial charge is 0.251 e. The van der Waals surface area contributed by atoms with Gasteiger partial charge in [-0.3, -0.25) is 4.79 Å². The van der Waals surface area contributed by atoms with E-state index < -0.39 is 0 Å². The summed E-state index contributed by atoms with van der Waals surface area (Å²) in [5.41, 5.74) is 2.64. The molecule has 1 aliphatic heterocycles. The summed E-state index contributed by atoms with van der Waals surface area (Å²) in [5.74, 6) is 0.643. The molecule has 0 spiro atoms. The minimum atomic E-state index is -0.0941. The Morgan fingerprint density at radius 3 is 2.86 bits per heavy atom. The molecule has 2 aromatic rings. The molecule has 0 aromatic heterocycles. The summed E-state index contributed by atoms with van der Waals surface area (Å²) in [5, 5.41) is 6.24. The molecule has 1 atom stereocenters. The highest BCUT2D eigenvalue weighted by atomic mass is 16.5. The standard InChI is InChI=1S/C17H18N2O2/c1-12(13-5-3-2-4-6-13)19-17(20)14-7-8-15-16(11-14)21-10-9-18-15/h2-8,11-12,18H,9-10H2,1H3,(H,19,20). The molecule has 21 heavy (non-hydrogen) atoms. The van der Waals surface area contributed by atoms with E-state index in [1.807, 2.05) is 49.4 Å². The Morgan fingerprint density at radius 2 is 2.05 bits per heavy atom. The number of carbonyl (C=O) groups excluding carboxylic acids is 1. The van der Waals surface area contributed by atoms with Crippen molar-refractivity contribution in [2.24, 2.45) is 0 Å². The Hall–Kier alpha value is -2.49. The van der Waals surface area contributed by atoms with Crippen LogP contribution in [0.1, 0.15) is 28.9 Å². The van der Waals surface area contributed by atoms with Crippen LogP contribution in [0.2, 0.25) is 0 Å². The molecule has 2 aromatic carbocycles. The van der Waals surface area contributed by atoms with E-state index in [-0.39, 0.29) is 11.9 Å². The van der Waals surface area contributed by atoms with Crippen LogP contribution in [-0.4, -0.2) is 19.1 Å². The van der Waals surface area contributed by atoms with Gasteiger partial charge in [0, 0.05) is 12.1 Å². The molecule has 1 heterocycles. The largest absolute Gasteiger partial charge is 0.490 e. The fourth-order valence-electron chi connectivity index (χ4n) is 2.38. The number of fused-ring (bicyclic) bond motifs is 1. The first-order valence-electron chi connectivity index (χ1n) is 7.10. The topological polar surface area (TPSA) is 50.4 Å². The van der Waals surface area contributed by atoms with Gasteiger partial charge in [-0.15, -0.1) is 0 Å². The van der Waals surface area contributed by atoms with Crippen molar-refractivity contribution >= 4 is 11.6 Å². The number of rotatable bonds is 3. The van der Waals surface area contributed by atoms with Gasteiger partial charge >= 0.3 is 0 Å². The van der Waals surface area contributed by atoms with Crippen LogP contribution in [0.4, 0.5) is 5.69 Å². The Morgan fingerprint density at radius 1 is 1.24 bits per heavy atom. The first kappa shape index (κ1) is 13.5. The second-order valence-electron chi connectivity index (χ2n) is 5.09. The Bertz CT molecular complexity index is 640. The normalized spacial score (nSPS) is 14.3. The second kappa shape index (κ2) is 5.87. The van der Waals surface area contributed by atoms with Crippen LogP contribution in [0.3, 0.4) is 0 Å². The van der Waals surface area contributed by atoms with Gasteiger partial charge < -0.3 is 15.4 Å². The summed E-state index contributed by atoms with van der Waals surface area (Å²) in [6.07, 6.45) is 0. The highest BCUT2D eigenvalue weighted by Crippen LogP contribution is 2.28. The third-order valence-electron chi connectivity index (χ3n) is 3.57. The van der Waals surface area contributed by atoms with E-state index in [2.05, 4.69) is 10.6 Å². The van der Waals surface area contributed by atoms with Crippen molar-refractivity contribution in [2.45, 2.75) is 13.0 Å². The first-order valence-corrected chi connectivity index (χ1v) is 7.10. The lowest BCUT2D eigenvalue weighted by Crippen LogP contribution is -2.27. The average Bonchev–Trinajstić information content (AvgIpc) is 2.55. The summed E-state index contributed by atoms with van der Waals surface area (Å²) in [6.45, 7) is 3.39. The number of benzene rings is 2. The van der Waals surface area contributed by atoms with Gasteiger partial charge in [0.15, 0.2) is 0 Å². The minimum absolute atomic E-state index is 0.0335. The van der Waals surface area contributed by atoms with E-state index in [0.717, 1.165) is 23.5 Å². The van der Waals surface area contributed by atoms with E-state index >= 15 is 0 Å². The van der Waals surface area contributed by atoms with Gasteiger partial charge in [-0.1, -0.05) is 30.3 Å². The van der Waals surface area contributed by atoms with E-state index in [1.165, 1.54) is 0 Å². The van der Waals surface area contributed by atoms with Gasteiger partial charge in [-0.2, -0.15) is 0 Å². The fourth-order valence-corrected chi connectivity index (χ4v) is 2.38. The van der Waals surface area contributed by atoms with Crippen LogP contribution in [0, 0.1) is 0 Å². The Labute approximate surface area is 124 Å². The third kappa shape index (κ3) is 2.99. The van der Waals surface area contributed by atoms with E-state index in [0.29, 0.717) is 12.2 Å². The molecule has 0 fully saturated rings. The van der Waals surface area contributed by atoms with Crippen molar-refractivity contribution in [2.75, 3.05) is 18.5 Å². The van der Waals surface area contributed by atoms with Crippen molar-refractivity contribution in [3.8, 4) is 5.75 Å². The fraction of sp³-hybridized carbons (Fsp3) is 0.235. The monoisotopic (exact) mass is 282 g/mol. The van der Waals surface area contributed by atoms with Crippen LogP contribution in [0.5, 0.6) is 5.75 Å². The maximum Gasteiger partial charge on any atom is 0.251 e. The lowest BCUT2D eigenvalue weighted by atomic mass is 10.1. The molecule has 0 saturated heterocycles. The molecule has 0 saturated carbocycles. The van der Waals surface area contributed by atoms with Crippen LogP contribution in [0.25, 0.3) is 0 Å².